The molecule has 0 unspecified atom stereocenters. The van der Waals surface area contributed by atoms with Gasteiger partial charge < -0.3 is 4.98 Å². The summed E-state index contributed by atoms with van der Waals surface area (Å²) in [7, 11) is 0. The van der Waals surface area contributed by atoms with Crippen LogP contribution in [0.3, 0.4) is 0 Å². The molecule has 3 aliphatic rings. The van der Waals surface area contributed by atoms with Gasteiger partial charge in [-0.2, -0.15) is 5.10 Å². The fraction of sp³-hybridized carbons (Fsp3) is 0.706. The normalized spacial score (nSPS) is 25.0. The molecule has 23 heavy (non-hydrogen) atoms. The van der Waals surface area contributed by atoms with Gasteiger partial charge >= 0.3 is 0 Å². The van der Waals surface area contributed by atoms with E-state index in [1.807, 2.05) is 0 Å². The molecule has 122 valence electrons. The van der Waals surface area contributed by atoms with Crippen LogP contribution in [0.25, 0.3) is 0 Å². The second kappa shape index (κ2) is 5.44. The number of nitrogens with zero attached hydrogens (tertiary/aromatic N) is 4. The molecule has 0 radical (unpaired) electrons. The monoisotopic (exact) mass is 312 g/mol. The van der Waals surface area contributed by atoms with Crippen LogP contribution in [0, 0.1) is 0 Å². The molecular formula is C17H24N6. The summed E-state index contributed by atoms with van der Waals surface area (Å²) in [6, 6.07) is 0.412. The van der Waals surface area contributed by atoms with Crippen LogP contribution in [-0.2, 0) is 19.4 Å². The van der Waals surface area contributed by atoms with E-state index in [9.17, 15) is 0 Å². The number of aromatic nitrogens is 5. The minimum absolute atomic E-state index is 0.412. The van der Waals surface area contributed by atoms with Crippen molar-refractivity contribution in [2.75, 3.05) is 6.54 Å². The van der Waals surface area contributed by atoms with Crippen molar-refractivity contribution in [2.45, 2.75) is 69.9 Å². The molecule has 2 aliphatic carbocycles. The summed E-state index contributed by atoms with van der Waals surface area (Å²) < 4.78 is 0. The number of likely N-dealkylation sites (tertiary alicyclic amines) is 1. The maximum Gasteiger partial charge on any atom is 0.153 e. The van der Waals surface area contributed by atoms with Crippen LogP contribution in [0.15, 0.2) is 0 Å². The van der Waals surface area contributed by atoms with Crippen molar-refractivity contribution in [2.24, 2.45) is 0 Å². The van der Waals surface area contributed by atoms with E-state index in [0.717, 1.165) is 31.2 Å². The third-order valence-corrected chi connectivity index (χ3v) is 5.50. The van der Waals surface area contributed by atoms with E-state index < -0.39 is 0 Å². The lowest BCUT2D eigenvalue weighted by Gasteiger charge is -2.21. The van der Waals surface area contributed by atoms with Gasteiger partial charge in [-0.15, -0.1) is 0 Å². The van der Waals surface area contributed by atoms with E-state index in [2.05, 4.69) is 20.1 Å². The summed E-state index contributed by atoms with van der Waals surface area (Å²) in [6.45, 7) is 1.98. The molecular weight excluding hydrogens is 288 g/mol. The molecule has 0 amide bonds. The third-order valence-electron chi connectivity index (χ3n) is 5.50. The van der Waals surface area contributed by atoms with E-state index in [0.29, 0.717) is 12.0 Å². The lowest BCUT2D eigenvalue weighted by molar-refractivity contribution is 0.235. The largest absolute Gasteiger partial charge is 0.344 e. The predicted octanol–water partition coefficient (Wildman–Crippen LogP) is 2.62. The summed E-state index contributed by atoms with van der Waals surface area (Å²) in [5, 5.41) is 7.53. The highest BCUT2D eigenvalue weighted by atomic mass is 15.3. The first kappa shape index (κ1) is 13.7. The van der Waals surface area contributed by atoms with Gasteiger partial charge in [0, 0.05) is 11.6 Å². The highest BCUT2D eigenvalue weighted by Crippen LogP contribution is 2.38. The minimum Gasteiger partial charge on any atom is -0.344 e. The van der Waals surface area contributed by atoms with Crippen molar-refractivity contribution >= 4 is 0 Å². The topological polar surface area (TPSA) is 73.5 Å². The molecule has 6 heteroatoms. The Labute approximate surface area is 136 Å². The molecule has 1 saturated heterocycles. The molecule has 2 aromatic rings. The second-order valence-electron chi connectivity index (χ2n) is 7.30. The molecule has 2 aromatic heterocycles. The standard InChI is InChI=1S/C17H24N6/c1-2-5-13-12(4-1)18-17(19-13)14-6-3-9-23(14)10-15-20-16(22-21-15)11-7-8-11/h11,14H,1-10H2,(H,18,19)(H,20,21,22)/t14-/m1/s1. The zero-order valence-corrected chi connectivity index (χ0v) is 13.5. The van der Waals surface area contributed by atoms with Crippen LogP contribution in [0.4, 0.5) is 0 Å². The van der Waals surface area contributed by atoms with E-state index in [1.54, 1.807) is 0 Å². The van der Waals surface area contributed by atoms with Gasteiger partial charge in [-0.25, -0.2) is 9.97 Å². The van der Waals surface area contributed by atoms with Crippen molar-refractivity contribution in [1.29, 1.82) is 0 Å². The maximum absolute atomic E-state index is 4.92. The Bertz CT molecular complexity index is 674. The zero-order valence-electron chi connectivity index (χ0n) is 13.5. The lowest BCUT2D eigenvalue weighted by Crippen LogP contribution is -2.24. The van der Waals surface area contributed by atoms with Gasteiger partial charge in [-0.1, -0.05) is 0 Å². The number of nitrogens with one attached hydrogen (secondary N) is 2. The molecule has 1 saturated carbocycles. The molecule has 2 fully saturated rings. The van der Waals surface area contributed by atoms with E-state index in [-0.39, 0.29) is 0 Å². The van der Waals surface area contributed by atoms with Gasteiger partial charge in [0.1, 0.15) is 11.6 Å². The average Bonchev–Trinajstić information content (AvgIpc) is 3.00. The molecule has 0 spiro atoms. The Hall–Kier alpha value is -1.69. The number of H-pyrrole nitrogens is 2. The Morgan fingerprint density at radius 2 is 1.96 bits per heavy atom. The lowest BCUT2D eigenvalue weighted by atomic mass is 10.0. The fourth-order valence-corrected chi connectivity index (χ4v) is 4.06. The quantitative estimate of drug-likeness (QED) is 0.910. The highest BCUT2D eigenvalue weighted by molar-refractivity contribution is 5.19. The molecule has 0 bridgehead atoms. The molecule has 1 atom stereocenters. The van der Waals surface area contributed by atoms with Crippen molar-refractivity contribution in [3.8, 4) is 0 Å². The minimum atomic E-state index is 0.412. The van der Waals surface area contributed by atoms with Crippen molar-refractivity contribution < 1.29 is 0 Å². The molecule has 1 aliphatic heterocycles. The number of imidazole rings is 1. The first-order chi connectivity index (χ1) is 11.4. The van der Waals surface area contributed by atoms with Crippen molar-refractivity contribution in [3.05, 3.63) is 28.9 Å². The van der Waals surface area contributed by atoms with Crippen molar-refractivity contribution in [3.63, 3.8) is 0 Å². The third kappa shape index (κ3) is 2.59. The summed E-state index contributed by atoms with van der Waals surface area (Å²) in [6.07, 6.45) is 9.82. The van der Waals surface area contributed by atoms with Crippen LogP contribution in [0.1, 0.15) is 79.3 Å². The second-order valence-corrected chi connectivity index (χ2v) is 7.30. The van der Waals surface area contributed by atoms with Gasteiger partial charge in [0.2, 0.25) is 0 Å². The van der Waals surface area contributed by atoms with Gasteiger partial charge in [0.25, 0.3) is 0 Å². The maximum atomic E-state index is 4.92. The molecule has 0 aromatic carbocycles. The van der Waals surface area contributed by atoms with Crippen LogP contribution < -0.4 is 0 Å². The Kier molecular flexibility index (Phi) is 3.25. The first-order valence-corrected chi connectivity index (χ1v) is 9.10. The predicted molar refractivity (Wildman–Crippen MR) is 86.0 cm³/mol. The molecule has 2 N–H and O–H groups in total. The van der Waals surface area contributed by atoms with Crippen LogP contribution >= 0.6 is 0 Å². The van der Waals surface area contributed by atoms with Crippen LogP contribution in [-0.4, -0.2) is 36.6 Å². The SMILES string of the molecule is C1CCc2[nH]c([C@H]3CCCN3Cc3nc(C4CC4)n[nH]3)nc2C1. The van der Waals surface area contributed by atoms with Crippen molar-refractivity contribution in [1.82, 2.24) is 30.0 Å². The number of rotatable bonds is 4. The average molecular weight is 312 g/mol. The summed E-state index contributed by atoms with van der Waals surface area (Å²) >= 11 is 0. The Morgan fingerprint density at radius 1 is 1.04 bits per heavy atom. The van der Waals surface area contributed by atoms with Gasteiger partial charge in [-0.3, -0.25) is 10.00 Å². The molecule has 5 rings (SSSR count). The zero-order chi connectivity index (χ0) is 15.2. The Balaban J connectivity index is 1.34. The van der Waals surface area contributed by atoms with Gasteiger partial charge in [0.05, 0.1) is 18.3 Å². The summed E-state index contributed by atoms with van der Waals surface area (Å²) in [5.74, 6) is 3.82. The summed E-state index contributed by atoms with van der Waals surface area (Å²) in [4.78, 5) is 15.7. The number of aromatic amines is 2. The van der Waals surface area contributed by atoms with Crippen LogP contribution in [0.2, 0.25) is 0 Å². The summed E-state index contributed by atoms with van der Waals surface area (Å²) in [5.41, 5.74) is 2.70. The van der Waals surface area contributed by atoms with Crippen LogP contribution in [0.5, 0.6) is 0 Å². The smallest absolute Gasteiger partial charge is 0.153 e. The Morgan fingerprint density at radius 3 is 2.83 bits per heavy atom. The number of aryl methyl sites for hydroxylation is 2. The molecule has 3 heterocycles. The fourth-order valence-electron chi connectivity index (χ4n) is 4.06. The highest BCUT2D eigenvalue weighted by Gasteiger charge is 2.32. The van der Waals surface area contributed by atoms with E-state index in [1.165, 1.54) is 62.2 Å². The number of hydrogen-bond donors (Lipinski definition) is 2. The van der Waals surface area contributed by atoms with E-state index in [4.69, 9.17) is 9.97 Å². The van der Waals surface area contributed by atoms with Gasteiger partial charge in [-0.05, 0) is 57.9 Å². The first-order valence-electron chi connectivity index (χ1n) is 9.10. The van der Waals surface area contributed by atoms with Gasteiger partial charge in [0.15, 0.2) is 5.82 Å². The molecule has 6 nitrogen and oxygen atoms in total. The van der Waals surface area contributed by atoms with E-state index >= 15 is 0 Å². The number of fused-ring (bicyclic) bond motifs is 1. The number of hydrogen-bond acceptors (Lipinski definition) is 4.